The first-order valence-corrected chi connectivity index (χ1v) is 9.08. The molecular formula is C19H23NOS. The summed E-state index contributed by atoms with van der Waals surface area (Å²) < 4.78 is 0. The molecule has 3 heteroatoms. The van der Waals surface area contributed by atoms with E-state index in [9.17, 15) is 4.79 Å². The van der Waals surface area contributed by atoms with Gasteiger partial charge in [0.25, 0.3) is 0 Å². The minimum atomic E-state index is -0.00618. The van der Waals surface area contributed by atoms with Crippen molar-refractivity contribution in [2.45, 2.75) is 45.1 Å². The van der Waals surface area contributed by atoms with Crippen LogP contribution in [-0.2, 0) is 11.2 Å². The molecule has 1 fully saturated rings. The Morgan fingerprint density at radius 3 is 2.64 bits per heavy atom. The molecular weight excluding hydrogens is 290 g/mol. The van der Waals surface area contributed by atoms with Crippen molar-refractivity contribution in [3.8, 4) is 0 Å². The molecule has 3 rings (SSSR count). The molecule has 1 N–H and O–H groups in total. The van der Waals surface area contributed by atoms with E-state index in [0.717, 1.165) is 19.3 Å². The summed E-state index contributed by atoms with van der Waals surface area (Å²) in [5.41, 5.74) is 2.56. The summed E-state index contributed by atoms with van der Waals surface area (Å²) in [7, 11) is 0. The number of aryl methyl sites for hydroxylation is 1. The number of hydrogen-bond donors (Lipinski definition) is 1. The Hall–Kier alpha value is -1.61. The lowest BCUT2D eigenvalue weighted by Crippen LogP contribution is -2.29. The molecule has 2 aromatic rings. The van der Waals surface area contributed by atoms with E-state index in [0.29, 0.717) is 0 Å². The zero-order valence-electron chi connectivity index (χ0n) is 13.0. The van der Waals surface area contributed by atoms with Gasteiger partial charge in [-0.05, 0) is 48.3 Å². The van der Waals surface area contributed by atoms with Crippen molar-refractivity contribution in [2.75, 3.05) is 0 Å². The lowest BCUT2D eigenvalue weighted by atomic mass is 10.0. The molecule has 22 heavy (non-hydrogen) atoms. The molecule has 0 saturated heterocycles. The number of benzene rings is 1. The smallest absolute Gasteiger partial charge is 0.223 e. The number of carbonyl (C=O) groups is 1. The maximum Gasteiger partial charge on any atom is 0.223 e. The molecule has 116 valence electrons. The molecule has 2 nitrogen and oxygen atoms in total. The van der Waals surface area contributed by atoms with Crippen LogP contribution in [0.15, 0.2) is 41.8 Å². The fourth-order valence-corrected chi connectivity index (χ4v) is 3.44. The van der Waals surface area contributed by atoms with Crippen LogP contribution >= 0.6 is 11.3 Å². The topological polar surface area (TPSA) is 29.1 Å². The highest BCUT2D eigenvalue weighted by atomic mass is 32.1. The van der Waals surface area contributed by atoms with Crippen LogP contribution in [0.25, 0.3) is 0 Å². The van der Waals surface area contributed by atoms with Gasteiger partial charge in [-0.3, -0.25) is 4.79 Å². The lowest BCUT2D eigenvalue weighted by Gasteiger charge is -2.18. The van der Waals surface area contributed by atoms with Crippen molar-refractivity contribution in [3.05, 3.63) is 57.8 Å². The van der Waals surface area contributed by atoms with Crippen LogP contribution in [0.2, 0.25) is 0 Å². The molecule has 1 aromatic heterocycles. The van der Waals surface area contributed by atoms with Gasteiger partial charge in [-0.1, -0.05) is 43.7 Å². The average Bonchev–Trinajstić information content (AvgIpc) is 3.27. The molecule has 0 aliphatic heterocycles. The van der Waals surface area contributed by atoms with Gasteiger partial charge in [-0.2, -0.15) is 0 Å². The Morgan fingerprint density at radius 2 is 2.05 bits per heavy atom. The minimum Gasteiger partial charge on any atom is -0.344 e. The number of unbranched alkanes of at least 4 members (excludes halogenated alkanes) is 1. The van der Waals surface area contributed by atoms with Crippen molar-refractivity contribution in [3.63, 3.8) is 0 Å². The summed E-state index contributed by atoms with van der Waals surface area (Å²) in [5, 5.41) is 5.30. The van der Waals surface area contributed by atoms with Crippen molar-refractivity contribution >= 4 is 17.2 Å². The first kappa shape index (κ1) is 15.3. The maximum atomic E-state index is 12.2. The largest absolute Gasteiger partial charge is 0.344 e. The van der Waals surface area contributed by atoms with Crippen LogP contribution in [0, 0.1) is 5.92 Å². The summed E-state index contributed by atoms with van der Waals surface area (Å²) in [5.74, 6) is 0.444. The number of nitrogens with one attached hydrogen (secondary N) is 1. The third kappa shape index (κ3) is 3.77. The second-order valence-electron chi connectivity index (χ2n) is 6.08. The van der Waals surface area contributed by atoms with Crippen molar-refractivity contribution in [2.24, 2.45) is 5.92 Å². The van der Waals surface area contributed by atoms with Gasteiger partial charge in [-0.15, -0.1) is 11.3 Å². The number of thiophene rings is 1. The zero-order valence-corrected chi connectivity index (χ0v) is 13.9. The standard InChI is InChI=1S/C19H23NOS/c1-2-3-5-14-7-9-15(10-8-14)18(17-6-4-13-22-17)20-19(21)16-11-12-16/h4,6-10,13,16,18H,2-3,5,11-12H2,1H3,(H,20,21). The van der Waals surface area contributed by atoms with Gasteiger partial charge in [0, 0.05) is 10.8 Å². The van der Waals surface area contributed by atoms with Gasteiger partial charge in [-0.25, -0.2) is 0 Å². The second-order valence-corrected chi connectivity index (χ2v) is 7.06. The van der Waals surface area contributed by atoms with Crippen LogP contribution in [0.5, 0.6) is 0 Å². The Bertz CT molecular complexity index is 599. The third-order valence-corrected chi connectivity index (χ3v) is 5.13. The van der Waals surface area contributed by atoms with Gasteiger partial charge in [0.1, 0.15) is 0 Å². The fourth-order valence-electron chi connectivity index (χ4n) is 2.64. The van der Waals surface area contributed by atoms with Crippen molar-refractivity contribution in [1.29, 1.82) is 0 Å². The monoisotopic (exact) mass is 313 g/mol. The van der Waals surface area contributed by atoms with Crippen LogP contribution < -0.4 is 5.32 Å². The maximum absolute atomic E-state index is 12.2. The average molecular weight is 313 g/mol. The molecule has 1 aliphatic rings. The van der Waals surface area contributed by atoms with Gasteiger partial charge in [0.05, 0.1) is 6.04 Å². The Balaban J connectivity index is 1.77. The van der Waals surface area contributed by atoms with Gasteiger partial charge in [0.2, 0.25) is 5.91 Å². The molecule has 1 unspecified atom stereocenters. The van der Waals surface area contributed by atoms with E-state index < -0.39 is 0 Å². The molecule has 1 saturated carbocycles. The molecule has 1 aromatic carbocycles. The summed E-state index contributed by atoms with van der Waals surface area (Å²) in [6.07, 6.45) is 5.66. The van der Waals surface area contributed by atoms with Gasteiger partial charge >= 0.3 is 0 Å². The molecule has 1 amide bonds. The molecule has 1 atom stereocenters. The number of hydrogen-bond acceptors (Lipinski definition) is 2. The molecule has 0 radical (unpaired) electrons. The summed E-state index contributed by atoms with van der Waals surface area (Å²) in [4.78, 5) is 13.4. The molecule has 1 aliphatic carbocycles. The summed E-state index contributed by atoms with van der Waals surface area (Å²) >= 11 is 1.70. The highest BCUT2D eigenvalue weighted by Gasteiger charge is 2.31. The van der Waals surface area contributed by atoms with E-state index >= 15 is 0 Å². The normalized spacial score (nSPS) is 15.5. The quantitative estimate of drug-likeness (QED) is 0.788. The first-order chi connectivity index (χ1) is 10.8. The van der Waals surface area contributed by atoms with Gasteiger partial charge in [0.15, 0.2) is 0 Å². The predicted octanol–water partition coefficient (Wildman–Crippen LogP) is 4.71. The predicted molar refractivity (Wildman–Crippen MR) is 92.1 cm³/mol. The Labute approximate surface area is 136 Å². The van der Waals surface area contributed by atoms with Crippen molar-refractivity contribution < 1.29 is 4.79 Å². The Kier molecular flexibility index (Phi) is 4.94. The van der Waals surface area contributed by atoms with Gasteiger partial charge < -0.3 is 5.32 Å². The Morgan fingerprint density at radius 1 is 1.27 bits per heavy atom. The van der Waals surface area contributed by atoms with E-state index in [1.807, 2.05) is 6.07 Å². The van der Waals surface area contributed by atoms with E-state index in [1.54, 1.807) is 11.3 Å². The molecule has 1 heterocycles. The lowest BCUT2D eigenvalue weighted by molar-refractivity contribution is -0.122. The van der Waals surface area contributed by atoms with E-state index in [4.69, 9.17) is 0 Å². The number of amides is 1. The van der Waals surface area contributed by atoms with Crippen LogP contribution in [0.3, 0.4) is 0 Å². The third-order valence-electron chi connectivity index (χ3n) is 4.19. The van der Waals surface area contributed by atoms with E-state index in [2.05, 4.69) is 48.0 Å². The molecule has 0 bridgehead atoms. The van der Waals surface area contributed by atoms with Crippen LogP contribution in [0.4, 0.5) is 0 Å². The summed E-state index contributed by atoms with van der Waals surface area (Å²) in [6.45, 7) is 2.22. The minimum absolute atomic E-state index is 0.00618. The highest BCUT2D eigenvalue weighted by Crippen LogP contribution is 2.32. The van der Waals surface area contributed by atoms with Crippen LogP contribution in [0.1, 0.15) is 54.7 Å². The molecule has 0 spiro atoms. The SMILES string of the molecule is CCCCc1ccc(C(NC(=O)C2CC2)c2cccs2)cc1. The summed E-state index contributed by atoms with van der Waals surface area (Å²) in [6, 6.07) is 12.9. The zero-order chi connectivity index (χ0) is 15.4. The number of rotatable bonds is 7. The highest BCUT2D eigenvalue weighted by molar-refractivity contribution is 7.10. The van der Waals surface area contributed by atoms with Crippen molar-refractivity contribution in [1.82, 2.24) is 5.32 Å². The van der Waals surface area contributed by atoms with Crippen LogP contribution in [-0.4, -0.2) is 5.91 Å². The first-order valence-electron chi connectivity index (χ1n) is 8.20. The van der Waals surface area contributed by atoms with E-state index in [-0.39, 0.29) is 17.9 Å². The number of carbonyl (C=O) groups excluding carboxylic acids is 1. The second kappa shape index (κ2) is 7.10. The van der Waals surface area contributed by atoms with E-state index in [1.165, 1.54) is 28.8 Å². The fraction of sp³-hybridized carbons (Fsp3) is 0.421.